The lowest BCUT2D eigenvalue weighted by Crippen LogP contribution is -2.47. The molecule has 2 nitrogen and oxygen atoms in total. The molecule has 0 radical (unpaired) electrons. The van der Waals surface area contributed by atoms with E-state index in [4.69, 9.17) is 0 Å². The lowest BCUT2D eigenvalue weighted by molar-refractivity contribution is -0.129. The minimum Gasteiger partial charge on any atom is -0.315 e. The summed E-state index contributed by atoms with van der Waals surface area (Å²) in [4.78, 5) is 13.1. The predicted molar refractivity (Wildman–Crippen MR) is 94.6 cm³/mol. The molecule has 4 unspecified atom stereocenters. The zero-order valence-corrected chi connectivity index (χ0v) is 13.9. The monoisotopic (exact) mass is 307 g/mol. The van der Waals surface area contributed by atoms with Gasteiger partial charge in [0.15, 0.2) is 0 Å². The van der Waals surface area contributed by atoms with Crippen LogP contribution in [0.25, 0.3) is 0 Å². The second kappa shape index (κ2) is 7.10. The van der Waals surface area contributed by atoms with Crippen LogP contribution in [0.3, 0.4) is 0 Å². The highest BCUT2D eigenvalue weighted by Gasteiger charge is 2.37. The number of nitrogens with one attached hydrogen (secondary N) is 1. The van der Waals surface area contributed by atoms with Crippen molar-refractivity contribution in [3.05, 3.63) is 71.8 Å². The molecule has 0 aliphatic carbocycles. The summed E-state index contributed by atoms with van der Waals surface area (Å²) in [6.45, 7) is 5.92. The molecule has 1 saturated heterocycles. The molecule has 1 heterocycles. The molecule has 1 N–H and O–H groups in total. The molecule has 1 fully saturated rings. The Labute approximate surface area is 138 Å². The normalized spacial score (nSPS) is 24.2. The second-order valence-corrected chi connectivity index (χ2v) is 6.67. The van der Waals surface area contributed by atoms with E-state index in [2.05, 4.69) is 67.7 Å². The summed E-state index contributed by atoms with van der Waals surface area (Å²) in [5.41, 5.74) is 2.50. The van der Waals surface area contributed by atoms with E-state index in [1.165, 1.54) is 11.1 Å². The van der Waals surface area contributed by atoms with Gasteiger partial charge in [0, 0.05) is 24.9 Å². The summed E-state index contributed by atoms with van der Waals surface area (Å²) in [6.07, 6.45) is 0. The van der Waals surface area contributed by atoms with Gasteiger partial charge in [-0.15, -0.1) is 0 Å². The van der Waals surface area contributed by atoms with Crippen LogP contribution in [0, 0.1) is 11.8 Å². The van der Waals surface area contributed by atoms with Crippen LogP contribution in [-0.4, -0.2) is 18.9 Å². The number of Topliss-reactive ketones (excluding diaryl/α,β-unsaturated/α-hetero) is 1. The Morgan fingerprint density at radius 2 is 1.17 bits per heavy atom. The van der Waals surface area contributed by atoms with Crippen LogP contribution < -0.4 is 5.32 Å². The summed E-state index contributed by atoms with van der Waals surface area (Å²) in [7, 11) is 0. The first kappa shape index (κ1) is 15.9. The smallest absolute Gasteiger partial charge is 0.142 e. The molecule has 2 heteroatoms. The van der Waals surface area contributed by atoms with Gasteiger partial charge in [0.25, 0.3) is 0 Å². The van der Waals surface area contributed by atoms with E-state index in [9.17, 15) is 4.79 Å². The molecule has 3 rings (SSSR count). The van der Waals surface area contributed by atoms with Crippen molar-refractivity contribution in [1.29, 1.82) is 0 Å². The second-order valence-electron chi connectivity index (χ2n) is 6.67. The fourth-order valence-electron chi connectivity index (χ4n) is 3.69. The van der Waals surface area contributed by atoms with Crippen LogP contribution in [-0.2, 0) is 4.79 Å². The number of benzene rings is 2. The van der Waals surface area contributed by atoms with E-state index < -0.39 is 0 Å². The molecule has 1 aliphatic heterocycles. The van der Waals surface area contributed by atoms with Crippen molar-refractivity contribution >= 4 is 5.78 Å². The van der Waals surface area contributed by atoms with Crippen molar-refractivity contribution in [3.8, 4) is 0 Å². The van der Waals surface area contributed by atoms with Gasteiger partial charge in [0.1, 0.15) is 5.78 Å². The van der Waals surface area contributed by atoms with Gasteiger partial charge < -0.3 is 5.32 Å². The molecule has 4 atom stereocenters. The molecule has 120 valence electrons. The maximum atomic E-state index is 13.1. The highest BCUT2D eigenvalue weighted by molar-refractivity contribution is 5.86. The Morgan fingerprint density at radius 1 is 0.783 bits per heavy atom. The average Bonchev–Trinajstić information content (AvgIpc) is 2.62. The zero-order chi connectivity index (χ0) is 16.2. The molecule has 0 aromatic heterocycles. The number of hydrogen-bond donors (Lipinski definition) is 1. The highest BCUT2D eigenvalue weighted by Crippen LogP contribution is 2.34. The van der Waals surface area contributed by atoms with Crippen LogP contribution in [0.2, 0.25) is 0 Å². The first-order valence-corrected chi connectivity index (χ1v) is 8.53. The summed E-state index contributed by atoms with van der Waals surface area (Å²) in [5.74, 6) is 1.03. The zero-order valence-electron chi connectivity index (χ0n) is 13.9. The van der Waals surface area contributed by atoms with Gasteiger partial charge >= 0.3 is 0 Å². The molecule has 0 amide bonds. The molecular weight excluding hydrogens is 282 g/mol. The third-order valence-corrected chi connectivity index (χ3v) is 5.32. The van der Waals surface area contributed by atoms with E-state index in [1.54, 1.807) is 0 Å². The summed E-state index contributed by atoms with van der Waals surface area (Å²) in [6, 6.07) is 20.8. The van der Waals surface area contributed by atoms with Gasteiger partial charge in [0.2, 0.25) is 0 Å². The maximum Gasteiger partial charge on any atom is 0.142 e. The molecular formula is C21H25NO. The summed E-state index contributed by atoms with van der Waals surface area (Å²) in [5, 5.41) is 3.50. The Hall–Kier alpha value is -1.93. The molecule has 0 spiro atoms. The fraction of sp³-hybridized carbons (Fsp3) is 0.381. The van der Waals surface area contributed by atoms with Crippen LogP contribution in [0.4, 0.5) is 0 Å². The molecule has 1 aliphatic rings. The van der Waals surface area contributed by atoms with Crippen molar-refractivity contribution in [3.63, 3.8) is 0 Å². The van der Waals surface area contributed by atoms with Crippen LogP contribution in [0.15, 0.2) is 60.7 Å². The van der Waals surface area contributed by atoms with Crippen LogP contribution in [0.1, 0.15) is 36.8 Å². The largest absolute Gasteiger partial charge is 0.315 e. The fourth-order valence-corrected chi connectivity index (χ4v) is 3.69. The number of hydrogen-bond acceptors (Lipinski definition) is 2. The lowest BCUT2D eigenvalue weighted by atomic mass is 9.73. The molecule has 2 aromatic rings. The minimum atomic E-state index is 0.0577. The molecule has 23 heavy (non-hydrogen) atoms. The highest BCUT2D eigenvalue weighted by atomic mass is 16.1. The number of carbonyl (C=O) groups excluding carboxylic acids is 1. The first-order valence-electron chi connectivity index (χ1n) is 8.53. The van der Waals surface area contributed by atoms with Crippen molar-refractivity contribution < 1.29 is 4.79 Å². The maximum absolute atomic E-state index is 13.1. The molecule has 0 bridgehead atoms. The van der Waals surface area contributed by atoms with E-state index in [0.29, 0.717) is 5.78 Å². The van der Waals surface area contributed by atoms with Gasteiger partial charge in [-0.1, -0.05) is 74.5 Å². The van der Waals surface area contributed by atoms with E-state index in [1.807, 2.05) is 12.1 Å². The third-order valence-electron chi connectivity index (χ3n) is 5.32. The van der Waals surface area contributed by atoms with Gasteiger partial charge in [-0.05, 0) is 23.0 Å². The summed E-state index contributed by atoms with van der Waals surface area (Å²) >= 11 is 0. The SMILES string of the molecule is CC(c1ccccc1)C1CNCC(C(C)c2ccccc2)C1=O. The van der Waals surface area contributed by atoms with E-state index >= 15 is 0 Å². The van der Waals surface area contributed by atoms with Gasteiger partial charge in [0.05, 0.1) is 0 Å². The first-order chi connectivity index (χ1) is 11.2. The minimum absolute atomic E-state index is 0.0577. The molecule has 2 aromatic carbocycles. The van der Waals surface area contributed by atoms with Crippen LogP contribution >= 0.6 is 0 Å². The van der Waals surface area contributed by atoms with Crippen LogP contribution in [0.5, 0.6) is 0 Å². The number of ketones is 1. The standard InChI is InChI=1S/C21H25NO/c1-15(17-9-5-3-6-10-17)19-13-22-14-20(21(19)23)16(2)18-11-7-4-8-12-18/h3-12,15-16,19-20,22H,13-14H2,1-2H3. The van der Waals surface area contributed by atoms with Crippen molar-refractivity contribution in [2.75, 3.05) is 13.1 Å². The number of rotatable bonds is 4. The van der Waals surface area contributed by atoms with Gasteiger partial charge in [-0.2, -0.15) is 0 Å². The number of carbonyl (C=O) groups is 1. The Bertz CT molecular complexity index is 582. The van der Waals surface area contributed by atoms with E-state index in [0.717, 1.165) is 13.1 Å². The topological polar surface area (TPSA) is 29.1 Å². The summed E-state index contributed by atoms with van der Waals surface area (Å²) < 4.78 is 0. The van der Waals surface area contributed by atoms with E-state index in [-0.39, 0.29) is 23.7 Å². The average molecular weight is 307 g/mol. The Kier molecular flexibility index (Phi) is 4.92. The predicted octanol–water partition coefficient (Wildman–Crippen LogP) is 4.00. The molecule has 0 saturated carbocycles. The quantitative estimate of drug-likeness (QED) is 0.925. The third kappa shape index (κ3) is 3.37. The van der Waals surface area contributed by atoms with Crippen molar-refractivity contribution in [2.45, 2.75) is 25.7 Å². The van der Waals surface area contributed by atoms with Gasteiger partial charge in [-0.25, -0.2) is 0 Å². The Morgan fingerprint density at radius 3 is 1.57 bits per heavy atom. The van der Waals surface area contributed by atoms with Gasteiger partial charge in [-0.3, -0.25) is 4.79 Å². The Balaban J connectivity index is 1.79. The number of piperidine rings is 1. The van der Waals surface area contributed by atoms with Crippen molar-refractivity contribution in [2.24, 2.45) is 11.8 Å². The van der Waals surface area contributed by atoms with Crippen molar-refractivity contribution in [1.82, 2.24) is 5.32 Å². The lowest BCUT2D eigenvalue weighted by Gasteiger charge is -2.35.